The summed E-state index contributed by atoms with van der Waals surface area (Å²) in [5, 5.41) is 2.49. The Balaban J connectivity index is 2.81. The molecule has 4 heteroatoms. The number of hydrogen-bond acceptors (Lipinski definition) is 1. The van der Waals surface area contributed by atoms with Crippen LogP contribution in [0.5, 0.6) is 0 Å². The third kappa shape index (κ3) is 2.50. The van der Waals surface area contributed by atoms with Gasteiger partial charge in [0.15, 0.2) is 0 Å². The Labute approximate surface area is 84.0 Å². The van der Waals surface area contributed by atoms with E-state index in [9.17, 15) is 4.79 Å². The topological polar surface area (TPSA) is 29.1 Å². The molecule has 0 fully saturated rings. The molecule has 0 aliphatic rings. The molecular formula is C8H7BrClNO. The number of halogens is 2. The van der Waals surface area contributed by atoms with Gasteiger partial charge in [-0.25, -0.2) is 0 Å². The first-order chi connectivity index (χ1) is 5.74. The molecule has 0 atom stereocenters. The fourth-order valence-corrected chi connectivity index (χ4v) is 1.31. The predicted octanol–water partition coefficient (Wildman–Crippen LogP) is 2.38. The Morgan fingerprint density at radius 2 is 2.33 bits per heavy atom. The van der Waals surface area contributed by atoms with Gasteiger partial charge in [0.1, 0.15) is 0 Å². The third-order valence-corrected chi connectivity index (χ3v) is 1.94. The molecule has 0 spiro atoms. The largest absolute Gasteiger partial charge is 0.339 e. The summed E-state index contributed by atoms with van der Waals surface area (Å²) >= 11 is 8.61. The summed E-state index contributed by atoms with van der Waals surface area (Å²) in [5.74, 6) is -0.161. The minimum Gasteiger partial charge on any atom is -0.339 e. The maximum absolute atomic E-state index is 11.2. The summed E-state index contributed by atoms with van der Waals surface area (Å²) in [4.78, 5) is 11.2. The van der Waals surface area contributed by atoms with Crippen molar-refractivity contribution in [3.8, 4) is 0 Å². The minimum absolute atomic E-state index is 0.130. The van der Waals surface area contributed by atoms with Crippen molar-refractivity contribution in [2.24, 2.45) is 0 Å². The van der Waals surface area contributed by atoms with Crippen molar-refractivity contribution in [3.05, 3.63) is 34.3 Å². The molecule has 0 saturated heterocycles. The second kappa shape index (κ2) is 4.48. The molecule has 1 aromatic rings. The molecule has 1 rings (SSSR count). The van der Waals surface area contributed by atoms with Crippen LogP contribution in [0, 0.1) is 0 Å². The third-order valence-electron chi connectivity index (χ3n) is 1.31. The van der Waals surface area contributed by atoms with E-state index in [0.717, 1.165) is 4.47 Å². The molecule has 2 nitrogen and oxygen atoms in total. The van der Waals surface area contributed by atoms with Gasteiger partial charge in [0.05, 0.1) is 6.00 Å². The molecule has 64 valence electrons. The van der Waals surface area contributed by atoms with Crippen molar-refractivity contribution in [1.82, 2.24) is 5.32 Å². The van der Waals surface area contributed by atoms with Crippen molar-refractivity contribution in [2.45, 2.75) is 0 Å². The zero-order chi connectivity index (χ0) is 8.97. The lowest BCUT2D eigenvalue weighted by Crippen LogP contribution is -2.21. The van der Waals surface area contributed by atoms with E-state index in [2.05, 4.69) is 21.2 Å². The summed E-state index contributed by atoms with van der Waals surface area (Å²) in [5.41, 5.74) is 0.602. The van der Waals surface area contributed by atoms with Crippen molar-refractivity contribution in [3.63, 3.8) is 0 Å². The fraction of sp³-hybridized carbons (Fsp3) is 0.125. The molecule has 1 N–H and O–H groups in total. The lowest BCUT2D eigenvalue weighted by molar-refractivity contribution is 0.0960. The summed E-state index contributed by atoms with van der Waals surface area (Å²) in [6.45, 7) is 0. The first kappa shape index (κ1) is 9.55. The highest BCUT2D eigenvalue weighted by Gasteiger charge is 2.02. The van der Waals surface area contributed by atoms with Crippen molar-refractivity contribution in [1.29, 1.82) is 0 Å². The maximum atomic E-state index is 11.2. The highest BCUT2D eigenvalue weighted by Crippen LogP contribution is 2.11. The van der Waals surface area contributed by atoms with Gasteiger partial charge < -0.3 is 5.32 Å². The summed E-state index contributed by atoms with van der Waals surface area (Å²) in [6, 6.07) is 7.25. The molecule has 0 heterocycles. The fourth-order valence-electron chi connectivity index (χ4n) is 0.792. The number of hydrogen-bond donors (Lipinski definition) is 1. The zero-order valence-corrected chi connectivity index (χ0v) is 8.52. The summed E-state index contributed by atoms with van der Waals surface area (Å²) in [6.07, 6.45) is 0. The normalized spacial score (nSPS) is 9.50. The van der Waals surface area contributed by atoms with Crippen LogP contribution in [0.4, 0.5) is 0 Å². The Hall–Kier alpha value is -0.540. The van der Waals surface area contributed by atoms with Gasteiger partial charge >= 0.3 is 0 Å². The predicted molar refractivity (Wildman–Crippen MR) is 52.3 cm³/mol. The average molecular weight is 249 g/mol. The lowest BCUT2D eigenvalue weighted by atomic mass is 10.2. The van der Waals surface area contributed by atoms with Crippen molar-refractivity contribution < 1.29 is 4.79 Å². The van der Waals surface area contributed by atoms with Gasteiger partial charge in [-0.15, -0.1) is 11.6 Å². The van der Waals surface area contributed by atoms with Gasteiger partial charge in [-0.05, 0) is 18.2 Å². The summed E-state index contributed by atoms with van der Waals surface area (Å²) in [7, 11) is 0. The monoisotopic (exact) mass is 247 g/mol. The Kier molecular flexibility index (Phi) is 3.56. The van der Waals surface area contributed by atoms with E-state index >= 15 is 0 Å². The van der Waals surface area contributed by atoms with Crippen LogP contribution in [0.2, 0.25) is 0 Å². The zero-order valence-electron chi connectivity index (χ0n) is 6.18. The number of nitrogens with one attached hydrogen (secondary N) is 1. The molecule has 0 aromatic heterocycles. The number of alkyl halides is 1. The Morgan fingerprint density at radius 1 is 1.58 bits per heavy atom. The maximum Gasteiger partial charge on any atom is 0.252 e. The van der Waals surface area contributed by atoms with Crippen LogP contribution in [0.25, 0.3) is 0 Å². The molecule has 0 unspecified atom stereocenters. The molecule has 1 amide bonds. The molecule has 0 aliphatic heterocycles. The van der Waals surface area contributed by atoms with Crippen molar-refractivity contribution in [2.75, 3.05) is 6.00 Å². The van der Waals surface area contributed by atoms with Crippen LogP contribution in [-0.4, -0.2) is 11.9 Å². The second-order valence-electron chi connectivity index (χ2n) is 2.15. The number of benzene rings is 1. The van der Waals surface area contributed by atoms with E-state index in [1.807, 2.05) is 6.07 Å². The van der Waals surface area contributed by atoms with Gasteiger partial charge in [-0.3, -0.25) is 4.79 Å². The quantitative estimate of drug-likeness (QED) is 0.632. The van der Waals surface area contributed by atoms with Crippen LogP contribution in [0.3, 0.4) is 0 Å². The van der Waals surface area contributed by atoms with E-state index in [1.54, 1.807) is 18.2 Å². The van der Waals surface area contributed by atoms with Gasteiger partial charge in [0, 0.05) is 10.0 Å². The van der Waals surface area contributed by atoms with Gasteiger partial charge in [-0.2, -0.15) is 0 Å². The Morgan fingerprint density at radius 3 is 2.92 bits per heavy atom. The van der Waals surface area contributed by atoms with Gasteiger partial charge in [0.25, 0.3) is 5.91 Å². The first-order valence-corrected chi connectivity index (χ1v) is 4.66. The Bertz CT molecular complexity index is 290. The van der Waals surface area contributed by atoms with Crippen LogP contribution >= 0.6 is 27.5 Å². The van der Waals surface area contributed by atoms with Crippen LogP contribution < -0.4 is 5.32 Å². The van der Waals surface area contributed by atoms with Gasteiger partial charge in [0.2, 0.25) is 0 Å². The first-order valence-electron chi connectivity index (χ1n) is 3.34. The molecule has 0 radical (unpaired) electrons. The smallest absolute Gasteiger partial charge is 0.252 e. The van der Waals surface area contributed by atoms with Crippen LogP contribution in [0.15, 0.2) is 28.7 Å². The number of rotatable bonds is 2. The SMILES string of the molecule is O=C(NCCl)c1cccc(Br)c1. The molecule has 12 heavy (non-hydrogen) atoms. The number of carbonyl (C=O) groups is 1. The van der Waals surface area contributed by atoms with Crippen LogP contribution in [0.1, 0.15) is 10.4 Å². The number of carbonyl (C=O) groups excluding carboxylic acids is 1. The molecule has 0 saturated carbocycles. The molecule has 1 aromatic carbocycles. The van der Waals surface area contributed by atoms with E-state index in [0.29, 0.717) is 5.56 Å². The molecule has 0 aliphatic carbocycles. The van der Waals surface area contributed by atoms with Crippen LogP contribution in [-0.2, 0) is 0 Å². The summed E-state index contributed by atoms with van der Waals surface area (Å²) < 4.78 is 0.879. The molecular weight excluding hydrogens is 241 g/mol. The average Bonchev–Trinajstić information content (AvgIpc) is 2.05. The molecule has 0 bridgehead atoms. The highest BCUT2D eigenvalue weighted by molar-refractivity contribution is 9.10. The lowest BCUT2D eigenvalue weighted by Gasteiger charge is -2.00. The van der Waals surface area contributed by atoms with E-state index in [1.165, 1.54) is 0 Å². The number of amides is 1. The highest BCUT2D eigenvalue weighted by atomic mass is 79.9. The van der Waals surface area contributed by atoms with Crippen molar-refractivity contribution >= 4 is 33.4 Å². The van der Waals surface area contributed by atoms with E-state index < -0.39 is 0 Å². The van der Waals surface area contributed by atoms with Gasteiger partial charge in [-0.1, -0.05) is 22.0 Å². The minimum atomic E-state index is -0.161. The van der Waals surface area contributed by atoms with E-state index in [4.69, 9.17) is 11.6 Å². The second-order valence-corrected chi connectivity index (χ2v) is 3.33. The standard InChI is InChI=1S/C8H7BrClNO/c9-7-3-1-2-6(4-7)8(12)11-5-10/h1-4H,5H2,(H,11,12). The van der Waals surface area contributed by atoms with E-state index in [-0.39, 0.29) is 11.9 Å².